The molecule has 0 radical (unpaired) electrons. The lowest BCUT2D eigenvalue weighted by molar-refractivity contribution is -0.137. The molecule has 0 aliphatic carbocycles. The van der Waals surface area contributed by atoms with Gasteiger partial charge in [0.25, 0.3) is 0 Å². The fraction of sp³-hybridized carbons (Fsp3) is 0.455. The zero-order valence-electron chi connectivity index (χ0n) is 10.0. The third-order valence-electron chi connectivity index (χ3n) is 2.37. The van der Waals surface area contributed by atoms with Crippen molar-refractivity contribution in [3.63, 3.8) is 0 Å². The average molecular weight is 272 g/mol. The van der Waals surface area contributed by atoms with Gasteiger partial charge in [-0.05, 0) is 31.0 Å². The topological polar surface area (TPSA) is 96.4 Å². The first-order chi connectivity index (χ1) is 8.41. The van der Waals surface area contributed by atoms with Gasteiger partial charge in [0, 0.05) is 24.9 Å². The van der Waals surface area contributed by atoms with Gasteiger partial charge in [-0.1, -0.05) is 0 Å². The van der Waals surface area contributed by atoms with E-state index in [1.807, 2.05) is 0 Å². The van der Waals surface area contributed by atoms with E-state index >= 15 is 0 Å². The van der Waals surface area contributed by atoms with Crippen molar-refractivity contribution in [2.24, 2.45) is 0 Å². The second kappa shape index (κ2) is 6.46. The molecule has 1 aromatic heterocycles. The molecule has 0 aromatic carbocycles. The van der Waals surface area contributed by atoms with E-state index in [1.54, 1.807) is 31.5 Å². The van der Waals surface area contributed by atoms with E-state index < -0.39 is 16.0 Å². The minimum absolute atomic E-state index is 0.105. The van der Waals surface area contributed by atoms with E-state index in [0.717, 1.165) is 5.56 Å². The Hall–Kier alpha value is -1.47. The SMILES string of the molecule is C[C@@H](NS(=O)(=O)CCCC(=O)O)c1ccncc1. The van der Waals surface area contributed by atoms with Crippen molar-refractivity contribution in [3.05, 3.63) is 30.1 Å². The average Bonchev–Trinajstić information content (AvgIpc) is 2.28. The van der Waals surface area contributed by atoms with Crippen molar-refractivity contribution < 1.29 is 18.3 Å². The zero-order valence-corrected chi connectivity index (χ0v) is 10.9. The maximum absolute atomic E-state index is 11.7. The highest BCUT2D eigenvalue weighted by atomic mass is 32.2. The van der Waals surface area contributed by atoms with Crippen LogP contribution in [0.2, 0.25) is 0 Å². The number of pyridine rings is 1. The van der Waals surface area contributed by atoms with Gasteiger partial charge in [0.1, 0.15) is 0 Å². The third-order valence-corrected chi connectivity index (χ3v) is 3.90. The smallest absolute Gasteiger partial charge is 0.303 e. The summed E-state index contributed by atoms with van der Waals surface area (Å²) in [6, 6.07) is 3.09. The van der Waals surface area contributed by atoms with Crippen LogP contribution in [0.15, 0.2) is 24.5 Å². The van der Waals surface area contributed by atoms with E-state index in [0.29, 0.717) is 0 Å². The van der Waals surface area contributed by atoms with Crippen LogP contribution in [0.1, 0.15) is 31.4 Å². The quantitative estimate of drug-likeness (QED) is 0.769. The van der Waals surface area contributed by atoms with Crippen LogP contribution in [-0.4, -0.2) is 30.2 Å². The van der Waals surface area contributed by atoms with Crippen LogP contribution in [0.25, 0.3) is 0 Å². The predicted molar refractivity (Wildman–Crippen MR) is 66.4 cm³/mol. The van der Waals surface area contributed by atoms with Crippen molar-refractivity contribution in [1.82, 2.24) is 9.71 Å². The van der Waals surface area contributed by atoms with Gasteiger partial charge < -0.3 is 5.11 Å². The Bertz CT molecular complexity index is 487. The predicted octanol–water partition coefficient (Wildman–Crippen LogP) is 0.927. The summed E-state index contributed by atoms with van der Waals surface area (Å²) in [5.41, 5.74) is 0.812. The number of aliphatic carboxylic acids is 1. The molecular weight excluding hydrogens is 256 g/mol. The van der Waals surface area contributed by atoms with E-state index in [9.17, 15) is 13.2 Å². The molecule has 6 nitrogen and oxygen atoms in total. The van der Waals surface area contributed by atoms with Gasteiger partial charge in [-0.25, -0.2) is 13.1 Å². The van der Waals surface area contributed by atoms with Crippen molar-refractivity contribution >= 4 is 16.0 Å². The highest BCUT2D eigenvalue weighted by Crippen LogP contribution is 2.12. The van der Waals surface area contributed by atoms with Gasteiger partial charge in [-0.15, -0.1) is 0 Å². The fourth-order valence-electron chi connectivity index (χ4n) is 1.46. The van der Waals surface area contributed by atoms with Crippen molar-refractivity contribution in [2.75, 3.05) is 5.75 Å². The minimum Gasteiger partial charge on any atom is -0.481 e. The van der Waals surface area contributed by atoms with Crippen LogP contribution >= 0.6 is 0 Å². The number of carbonyl (C=O) groups is 1. The largest absolute Gasteiger partial charge is 0.481 e. The van der Waals surface area contributed by atoms with Crippen molar-refractivity contribution in [2.45, 2.75) is 25.8 Å². The summed E-state index contributed by atoms with van der Waals surface area (Å²) in [7, 11) is -3.46. The van der Waals surface area contributed by atoms with Crippen LogP contribution in [0, 0.1) is 0 Å². The Kier molecular flexibility index (Phi) is 5.24. The summed E-state index contributed by atoms with van der Waals surface area (Å²) in [5.74, 6) is -1.18. The van der Waals surface area contributed by atoms with Gasteiger partial charge in [0.15, 0.2) is 0 Å². The molecule has 1 atom stereocenters. The highest BCUT2D eigenvalue weighted by Gasteiger charge is 2.15. The molecule has 1 heterocycles. The molecule has 2 N–H and O–H groups in total. The molecule has 0 aliphatic rings. The van der Waals surface area contributed by atoms with Crippen LogP contribution in [0.3, 0.4) is 0 Å². The Labute approximate surface area is 106 Å². The maximum atomic E-state index is 11.7. The Morgan fingerprint density at radius 3 is 2.61 bits per heavy atom. The molecule has 0 spiro atoms. The number of hydrogen-bond donors (Lipinski definition) is 2. The number of nitrogens with one attached hydrogen (secondary N) is 1. The Morgan fingerprint density at radius 2 is 2.06 bits per heavy atom. The lowest BCUT2D eigenvalue weighted by atomic mass is 10.1. The third kappa shape index (κ3) is 5.24. The molecule has 0 saturated carbocycles. The van der Waals surface area contributed by atoms with Crippen LogP contribution in [0.4, 0.5) is 0 Å². The van der Waals surface area contributed by atoms with E-state index in [1.165, 1.54) is 0 Å². The number of carboxylic acids is 1. The van der Waals surface area contributed by atoms with Gasteiger partial charge in [0.05, 0.1) is 5.75 Å². The number of carboxylic acid groups (broad SMARTS) is 1. The molecule has 100 valence electrons. The second-order valence-electron chi connectivity index (χ2n) is 3.94. The molecule has 0 bridgehead atoms. The Morgan fingerprint density at radius 1 is 1.44 bits per heavy atom. The summed E-state index contributed by atoms with van der Waals surface area (Å²) in [6.45, 7) is 1.73. The van der Waals surface area contributed by atoms with E-state index in [2.05, 4.69) is 9.71 Å². The maximum Gasteiger partial charge on any atom is 0.303 e. The van der Waals surface area contributed by atoms with Gasteiger partial charge >= 0.3 is 5.97 Å². The first-order valence-electron chi connectivity index (χ1n) is 5.52. The molecule has 0 amide bonds. The molecule has 0 aliphatic heterocycles. The summed E-state index contributed by atoms with van der Waals surface area (Å²) < 4.78 is 25.8. The fourth-order valence-corrected chi connectivity index (χ4v) is 2.78. The number of aromatic nitrogens is 1. The second-order valence-corrected chi connectivity index (χ2v) is 5.81. The summed E-state index contributed by atoms with van der Waals surface area (Å²) >= 11 is 0. The van der Waals surface area contributed by atoms with Gasteiger partial charge in [0.2, 0.25) is 10.0 Å². The molecule has 18 heavy (non-hydrogen) atoms. The molecule has 0 fully saturated rings. The lowest BCUT2D eigenvalue weighted by Crippen LogP contribution is -2.29. The highest BCUT2D eigenvalue weighted by molar-refractivity contribution is 7.89. The Balaban J connectivity index is 2.53. The monoisotopic (exact) mass is 272 g/mol. The zero-order chi connectivity index (χ0) is 13.6. The van der Waals surface area contributed by atoms with E-state index in [4.69, 9.17) is 5.11 Å². The standard InChI is InChI=1S/C11H16N2O4S/c1-9(10-4-6-12-7-5-10)13-18(16,17)8-2-3-11(14)15/h4-7,9,13H,2-3,8H2,1H3,(H,14,15)/t9-/m1/s1. The van der Waals surface area contributed by atoms with Crippen LogP contribution in [-0.2, 0) is 14.8 Å². The molecule has 1 rings (SSSR count). The van der Waals surface area contributed by atoms with Gasteiger partial charge in [-0.3, -0.25) is 9.78 Å². The molecular formula is C11H16N2O4S. The first-order valence-corrected chi connectivity index (χ1v) is 7.17. The molecule has 0 unspecified atom stereocenters. The molecule has 1 aromatic rings. The number of rotatable bonds is 7. The summed E-state index contributed by atoms with van der Waals surface area (Å²) in [6.07, 6.45) is 3.13. The summed E-state index contributed by atoms with van der Waals surface area (Å²) in [4.78, 5) is 14.2. The number of nitrogens with zero attached hydrogens (tertiary/aromatic N) is 1. The normalized spacial score (nSPS) is 13.2. The van der Waals surface area contributed by atoms with Crippen molar-refractivity contribution in [3.8, 4) is 0 Å². The van der Waals surface area contributed by atoms with Crippen LogP contribution < -0.4 is 4.72 Å². The van der Waals surface area contributed by atoms with Crippen LogP contribution in [0.5, 0.6) is 0 Å². The number of sulfonamides is 1. The lowest BCUT2D eigenvalue weighted by Gasteiger charge is -2.14. The number of hydrogen-bond acceptors (Lipinski definition) is 4. The summed E-state index contributed by atoms with van der Waals surface area (Å²) in [5, 5.41) is 8.45. The minimum atomic E-state index is -3.46. The molecule has 7 heteroatoms. The van der Waals surface area contributed by atoms with E-state index in [-0.39, 0.29) is 24.6 Å². The molecule has 0 saturated heterocycles. The first kappa shape index (κ1) is 14.6. The van der Waals surface area contributed by atoms with Gasteiger partial charge in [-0.2, -0.15) is 0 Å². The van der Waals surface area contributed by atoms with Crippen molar-refractivity contribution in [1.29, 1.82) is 0 Å².